The third-order valence-electron chi connectivity index (χ3n) is 2.26. The van der Waals surface area contributed by atoms with Gasteiger partial charge in [0, 0.05) is 12.2 Å². The molecule has 0 aliphatic carbocycles. The van der Waals surface area contributed by atoms with Gasteiger partial charge in [0.2, 0.25) is 0 Å². The zero-order valence-electron chi connectivity index (χ0n) is 13.2. The number of carboxylic acids is 1. The molecule has 2 N–H and O–H groups in total. The van der Waals surface area contributed by atoms with E-state index in [9.17, 15) is 4.79 Å². The Labute approximate surface area is 123 Å². The Bertz CT molecular complexity index is 406. The van der Waals surface area contributed by atoms with Crippen molar-refractivity contribution in [1.29, 1.82) is 0 Å². The van der Waals surface area contributed by atoms with Gasteiger partial charge in [-0.3, -0.25) is 0 Å². The number of nitrogens with one attached hydrogen (secondary N) is 1. The first-order valence-electron chi connectivity index (χ1n) is 7.02. The standard InChI is InChI=1S/C13H15NO2.2C2H6/c1-3-10(4-2)9-14-12-7-5-11(6-8-12)13(15)16;2*1-2/h3-8,14H,1,9H2,2H3,(H,15,16);2*1-2H3/b10-4+;;. The Kier molecular flexibility index (Phi) is 13.6. The largest absolute Gasteiger partial charge is 0.478 e. The molecule has 0 saturated heterocycles. The van der Waals surface area contributed by atoms with E-state index in [1.165, 1.54) is 0 Å². The highest BCUT2D eigenvalue weighted by atomic mass is 16.4. The van der Waals surface area contributed by atoms with Crippen LogP contribution in [0.5, 0.6) is 0 Å². The molecule has 3 heteroatoms. The SMILES string of the molecule is C=C/C(=C\C)CNc1ccc(C(=O)O)cc1.CC.CC. The predicted molar refractivity (Wildman–Crippen MR) is 88.5 cm³/mol. The molecular weight excluding hydrogens is 250 g/mol. The van der Waals surface area contributed by atoms with E-state index in [0.29, 0.717) is 12.1 Å². The number of aromatic carboxylic acids is 1. The van der Waals surface area contributed by atoms with Crippen molar-refractivity contribution in [3.8, 4) is 0 Å². The molecule has 0 unspecified atom stereocenters. The molecule has 0 fully saturated rings. The van der Waals surface area contributed by atoms with Gasteiger partial charge >= 0.3 is 5.97 Å². The molecule has 3 nitrogen and oxygen atoms in total. The lowest BCUT2D eigenvalue weighted by molar-refractivity contribution is 0.0697. The number of hydrogen-bond acceptors (Lipinski definition) is 2. The lowest BCUT2D eigenvalue weighted by Crippen LogP contribution is -2.03. The fourth-order valence-electron chi connectivity index (χ4n) is 1.23. The summed E-state index contributed by atoms with van der Waals surface area (Å²) in [6.07, 6.45) is 3.77. The molecule has 0 atom stereocenters. The van der Waals surface area contributed by atoms with Gasteiger partial charge in [-0.2, -0.15) is 0 Å². The molecule has 0 saturated carbocycles. The molecule has 0 bridgehead atoms. The molecule has 0 aliphatic rings. The van der Waals surface area contributed by atoms with Gasteiger partial charge in [-0.25, -0.2) is 4.79 Å². The predicted octanol–water partition coefficient (Wildman–Crippen LogP) is 4.98. The fourth-order valence-corrected chi connectivity index (χ4v) is 1.23. The van der Waals surface area contributed by atoms with Gasteiger partial charge < -0.3 is 10.4 Å². The summed E-state index contributed by atoms with van der Waals surface area (Å²) in [5, 5.41) is 11.9. The van der Waals surface area contributed by atoms with E-state index in [1.54, 1.807) is 30.3 Å². The molecule has 1 aromatic rings. The van der Waals surface area contributed by atoms with Crippen LogP contribution in [0.3, 0.4) is 0 Å². The Hall–Kier alpha value is -2.03. The number of rotatable bonds is 5. The minimum Gasteiger partial charge on any atom is -0.478 e. The van der Waals surface area contributed by atoms with E-state index in [4.69, 9.17) is 5.11 Å². The van der Waals surface area contributed by atoms with Crippen molar-refractivity contribution >= 4 is 11.7 Å². The number of allylic oxidation sites excluding steroid dienone is 1. The van der Waals surface area contributed by atoms with Gasteiger partial charge in [-0.05, 0) is 36.8 Å². The fraction of sp³-hybridized carbons (Fsp3) is 0.353. The highest BCUT2D eigenvalue weighted by Gasteiger charge is 2.01. The van der Waals surface area contributed by atoms with Crippen LogP contribution in [0.1, 0.15) is 45.0 Å². The van der Waals surface area contributed by atoms with E-state index in [1.807, 2.05) is 40.7 Å². The van der Waals surface area contributed by atoms with Crippen molar-refractivity contribution < 1.29 is 9.90 Å². The normalized spacial score (nSPS) is 9.35. The van der Waals surface area contributed by atoms with Crippen LogP contribution in [0, 0.1) is 0 Å². The molecule has 112 valence electrons. The van der Waals surface area contributed by atoms with E-state index < -0.39 is 5.97 Å². The maximum atomic E-state index is 10.6. The van der Waals surface area contributed by atoms with Gasteiger partial charge in [-0.1, -0.05) is 46.4 Å². The molecule has 0 aliphatic heterocycles. The molecule has 0 radical (unpaired) electrons. The van der Waals surface area contributed by atoms with Crippen molar-refractivity contribution in [2.45, 2.75) is 34.6 Å². The molecule has 1 aromatic carbocycles. The summed E-state index contributed by atoms with van der Waals surface area (Å²) in [6.45, 7) is 14.3. The van der Waals surface area contributed by atoms with Crippen LogP contribution in [0.2, 0.25) is 0 Å². The van der Waals surface area contributed by atoms with E-state index in [2.05, 4.69) is 11.9 Å². The van der Waals surface area contributed by atoms with Crippen molar-refractivity contribution in [3.63, 3.8) is 0 Å². The third kappa shape index (κ3) is 8.14. The lowest BCUT2D eigenvalue weighted by Gasteiger charge is -2.06. The summed E-state index contributed by atoms with van der Waals surface area (Å²) in [4.78, 5) is 10.6. The average Bonchev–Trinajstić information content (AvgIpc) is 2.52. The summed E-state index contributed by atoms with van der Waals surface area (Å²) in [6, 6.07) is 6.65. The number of benzene rings is 1. The van der Waals surface area contributed by atoms with E-state index >= 15 is 0 Å². The first kappa shape index (κ1) is 20.3. The van der Waals surface area contributed by atoms with E-state index in [-0.39, 0.29) is 0 Å². The lowest BCUT2D eigenvalue weighted by atomic mass is 10.2. The van der Waals surface area contributed by atoms with Crippen LogP contribution in [0.15, 0.2) is 48.6 Å². The van der Waals surface area contributed by atoms with Crippen LogP contribution >= 0.6 is 0 Å². The molecule has 0 spiro atoms. The van der Waals surface area contributed by atoms with Crippen LogP contribution in [0.25, 0.3) is 0 Å². The number of anilines is 1. The molecular formula is C17H27NO2. The second-order valence-electron chi connectivity index (χ2n) is 3.30. The topological polar surface area (TPSA) is 49.3 Å². The summed E-state index contributed by atoms with van der Waals surface area (Å²) < 4.78 is 0. The zero-order valence-corrected chi connectivity index (χ0v) is 13.2. The quantitative estimate of drug-likeness (QED) is 0.746. The second kappa shape index (κ2) is 13.4. The molecule has 20 heavy (non-hydrogen) atoms. The molecule has 0 amide bonds. The summed E-state index contributed by atoms with van der Waals surface area (Å²) in [7, 11) is 0. The van der Waals surface area contributed by atoms with Gasteiger partial charge in [0.15, 0.2) is 0 Å². The number of carbonyl (C=O) groups is 1. The Morgan fingerprint density at radius 2 is 1.70 bits per heavy atom. The zero-order chi connectivity index (χ0) is 16.0. The molecule has 0 heterocycles. The number of hydrogen-bond donors (Lipinski definition) is 2. The third-order valence-corrected chi connectivity index (χ3v) is 2.26. The first-order valence-corrected chi connectivity index (χ1v) is 7.02. The van der Waals surface area contributed by atoms with Gasteiger partial charge in [0.1, 0.15) is 0 Å². The number of carboxylic acid groups (broad SMARTS) is 1. The summed E-state index contributed by atoms with van der Waals surface area (Å²) >= 11 is 0. The van der Waals surface area contributed by atoms with Crippen LogP contribution in [0.4, 0.5) is 5.69 Å². The minimum absolute atomic E-state index is 0.292. The van der Waals surface area contributed by atoms with Gasteiger partial charge in [-0.15, -0.1) is 0 Å². The van der Waals surface area contributed by atoms with E-state index in [0.717, 1.165) is 11.3 Å². The van der Waals surface area contributed by atoms with Crippen molar-refractivity contribution in [2.75, 3.05) is 11.9 Å². The highest BCUT2D eigenvalue weighted by molar-refractivity contribution is 5.87. The highest BCUT2D eigenvalue weighted by Crippen LogP contribution is 2.10. The Morgan fingerprint density at radius 1 is 1.20 bits per heavy atom. The molecule has 0 aromatic heterocycles. The Balaban J connectivity index is 0. The maximum Gasteiger partial charge on any atom is 0.335 e. The average molecular weight is 277 g/mol. The van der Waals surface area contributed by atoms with Crippen molar-refractivity contribution in [1.82, 2.24) is 0 Å². The van der Waals surface area contributed by atoms with Crippen molar-refractivity contribution in [2.24, 2.45) is 0 Å². The smallest absolute Gasteiger partial charge is 0.335 e. The first-order chi connectivity index (χ1) is 9.67. The van der Waals surface area contributed by atoms with Crippen molar-refractivity contribution in [3.05, 3.63) is 54.1 Å². The monoisotopic (exact) mass is 277 g/mol. The van der Waals surface area contributed by atoms with Gasteiger partial charge in [0.25, 0.3) is 0 Å². The van der Waals surface area contributed by atoms with Crippen LogP contribution in [-0.4, -0.2) is 17.6 Å². The van der Waals surface area contributed by atoms with Crippen LogP contribution in [-0.2, 0) is 0 Å². The maximum absolute atomic E-state index is 10.6. The van der Waals surface area contributed by atoms with Crippen LogP contribution < -0.4 is 5.32 Å². The summed E-state index contributed by atoms with van der Waals surface area (Å²) in [5.41, 5.74) is 2.29. The van der Waals surface area contributed by atoms with Gasteiger partial charge in [0.05, 0.1) is 5.56 Å². The summed E-state index contributed by atoms with van der Waals surface area (Å²) in [5.74, 6) is -0.910. The second-order valence-corrected chi connectivity index (χ2v) is 3.30. The minimum atomic E-state index is -0.910. The Morgan fingerprint density at radius 3 is 2.05 bits per heavy atom. The molecule has 1 rings (SSSR count).